The second-order valence-corrected chi connectivity index (χ2v) is 5.58. The molecule has 6 heteroatoms. The Bertz CT molecular complexity index is 597. The number of rotatable bonds is 7. The molecule has 0 aliphatic heterocycles. The molecule has 2 aromatic rings. The molecule has 0 aliphatic rings. The Labute approximate surface area is 132 Å². The summed E-state index contributed by atoms with van der Waals surface area (Å²) in [5.41, 5.74) is 1.47. The summed E-state index contributed by atoms with van der Waals surface area (Å²) >= 11 is 3.42. The molecule has 1 aromatic carbocycles. The highest BCUT2D eigenvalue weighted by Gasteiger charge is 2.08. The standard InChI is InChI=1S/C15H19BrN4O/c1-2-6-17-7-8-18-15(21)12-10-19-20(11-12)14-5-3-4-13(16)9-14/h3-5,9-11,17H,2,6-8H2,1H3,(H,18,21). The third-order valence-electron chi connectivity index (χ3n) is 2.93. The van der Waals surface area contributed by atoms with Gasteiger partial charge in [-0.2, -0.15) is 5.10 Å². The largest absolute Gasteiger partial charge is 0.351 e. The molecule has 0 fully saturated rings. The molecule has 21 heavy (non-hydrogen) atoms. The van der Waals surface area contributed by atoms with E-state index in [-0.39, 0.29) is 5.91 Å². The number of benzene rings is 1. The van der Waals surface area contributed by atoms with Crippen LogP contribution in [0.25, 0.3) is 5.69 Å². The van der Waals surface area contributed by atoms with Crippen molar-refractivity contribution in [3.05, 3.63) is 46.7 Å². The zero-order valence-corrected chi connectivity index (χ0v) is 13.6. The zero-order valence-electron chi connectivity index (χ0n) is 12.0. The van der Waals surface area contributed by atoms with Crippen LogP contribution in [0.2, 0.25) is 0 Å². The number of nitrogens with one attached hydrogen (secondary N) is 2. The van der Waals surface area contributed by atoms with E-state index in [0.29, 0.717) is 12.1 Å². The van der Waals surface area contributed by atoms with Crippen LogP contribution in [0.4, 0.5) is 0 Å². The minimum Gasteiger partial charge on any atom is -0.351 e. The summed E-state index contributed by atoms with van der Waals surface area (Å²) in [6, 6.07) is 7.77. The third-order valence-corrected chi connectivity index (χ3v) is 3.42. The number of amides is 1. The number of hydrogen-bond acceptors (Lipinski definition) is 3. The van der Waals surface area contributed by atoms with Gasteiger partial charge in [0.05, 0.1) is 17.4 Å². The predicted molar refractivity (Wildman–Crippen MR) is 86.8 cm³/mol. The van der Waals surface area contributed by atoms with Gasteiger partial charge in [-0.3, -0.25) is 4.79 Å². The van der Waals surface area contributed by atoms with Crippen molar-refractivity contribution in [3.63, 3.8) is 0 Å². The van der Waals surface area contributed by atoms with Gasteiger partial charge in [-0.1, -0.05) is 28.9 Å². The van der Waals surface area contributed by atoms with Gasteiger partial charge in [-0.15, -0.1) is 0 Å². The molecule has 2 rings (SSSR count). The number of carbonyl (C=O) groups excluding carboxylic acids is 1. The average Bonchev–Trinajstić information content (AvgIpc) is 2.97. The fraction of sp³-hybridized carbons (Fsp3) is 0.333. The van der Waals surface area contributed by atoms with Crippen LogP contribution in [0.5, 0.6) is 0 Å². The third kappa shape index (κ3) is 4.68. The molecule has 5 nitrogen and oxygen atoms in total. The normalized spacial score (nSPS) is 10.6. The molecule has 0 aliphatic carbocycles. The maximum atomic E-state index is 12.0. The summed E-state index contributed by atoms with van der Waals surface area (Å²) < 4.78 is 2.66. The van der Waals surface area contributed by atoms with Crippen LogP contribution in [0.15, 0.2) is 41.1 Å². The Morgan fingerprint density at radius 2 is 2.19 bits per heavy atom. The van der Waals surface area contributed by atoms with Crippen LogP contribution in [-0.2, 0) is 0 Å². The molecule has 0 unspecified atom stereocenters. The van der Waals surface area contributed by atoms with E-state index in [0.717, 1.165) is 29.7 Å². The summed E-state index contributed by atoms with van der Waals surface area (Å²) in [7, 11) is 0. The Hall–Kier alpha value is -1.66. The quantitative estimate of drug-likeness (QED) is 0.753. The molecule has 0 radical (unpaired) electrons. The second-order valence-electron chi connectivity index (χ2n) is 4.66. The van der Waals surface area contributed by atoms with Gasteiger partial charge in [-0.05, 0) is 31.2 Å². The van der Waals surface area contributed by atoms with Crippen molar-refractivity contribution in [2.45, 2.75) is 13.3 Å². The van der Waals surface area contributed by atoms with Gasteiger partial charge < -0.3 is 10.6 Å². The number of carbonyl (C=O) groups is 1. The molecule has 112 valence electrons. The van der Waals surface area contributed by atoms with Crippen LogP contribution in [0.3, 0.4) is 0 Å². The Kier molecular flexibility index (Phi) is 5.95. The fourth-order valence-corrected chi connectivity index (χ4v) is 2.26. The smallest absolute Gasteiger partial charge is 0.254 e. The lowest BCUT2D eigenvalue weighted by Crippen LogP contribution is -2.31. The molecule has 0 saturated heterocycles. The van der Waals surface area contributed by atoms with E-state index in [1.165, 1.54) is 0 Å². The van der Waals surface area contributed by atoms with Crippen LogP contribution in [0.1, 0.15) is 23.7 Å². The maximum absolute atomic E-state index is 12.0. The number of aromatic nitrogens is 2. The highest BCUT2D eigenvalue weighted by Crippen LogP contribution is 2.15. The van der Waals surface area contributed by atoms with Crippen molar-refractivity contribution in [1.29, 1.82) is 0 Å². The summed E-state index contributed by atoms with van der Waals surface area (Å²) in [5.74, 6) is -0.102. The SMILES string of the molecule is CCCNCCNC(=O)c1cnn(-c2cccc(Br)c2)c1. The number of hydrogen-bond donors (Lipinski definition) is 2. The lowest BCUT2D eigenvalue weighted by Gasteiger charge is -2.04. The first-order valence-electron chi connectivity index (χ1n) is 7.00. The summed E-state index contributed by atoms with van der Waals surface area (Å²) in [5, 5.41) is 10.3. The topological polar surface area (TPSA) is 58.9 Å². The summed E-state index contributed by atoms with van der Waals surface area (Å²) in [6.45, 7) is 4.47. The number of nitrogens with zero attached hydrogens (tertiary/aromatic N) is 2. The van der Waals surface area contributed by atoms with Crippen LogP contribution >= 0.6 is 15.9 Å². The van der Waals surface area contributed by atoms with E-state index >= 15 is 0 Å². The lowest BCUT2D eigenvalue weighted by atomic mass is 10.3. The van der Waals surface area contributed by atoms with E-state index in [1.54, 1.807) is 17.1 Å². The van der Waals surface area contributed by atoms with Gasteiger partial charge in [0.2, 0.25) is 0 Å². The van der Waals surface area contributed by atoms with Crippen LogP contribution in [0, 0.1) is 0 Å². The Balaban J connectivity index is 1.92. The molecular weight excluding hydrogens is 332 g/mol. The van der Waals surface area contributed by atoms with Gasteiger partial charge in [-0.25, -0.2) is 4.68 Å². The molecule has 0 atom stereocenters. The van der Waals surface area contributed by atoms with Gasteiger partial charge in [0.1, 0.15) is 0 Å². The first-order valence-corrected chi connectivity index (χ1v) is 7.79. The molecule has 2 N–H and O–H groups in total. The van der Waals surface area contributed by atoms with Gasteiger partial charge in [0, 0.05) is 23.8 Å². The Morgan fingerprint density at radius 1 is 1.33 bits per heavy atom. The van der Waals surface area contributed by atoms with E-state index in [9.17, 15) is 4.79 Å². The molecule has 0 spiro atoms. The van der Waals surface area contributed by atoms with Gasteiger partial charge >= 0.3 is 0 Å². The number of halogens is 1. The van der Waals surface area contributed by atoms with Crippen molar-refractivity contribution in [1.82, 2.24) is 20.4 Å². The van der Waals surface area contributed by atoms with E-state index in [1.807, 2.05) is 24.3 Å². The molecule has 1 amide bonds. The van der Waals surface area contributed by atoms with Crippen molar-refractivity contribution >= 4 is 21.8 Å². The van der Waals surface area contributed by atoms with Crippen LogP contribution in [-0.4, -0.2) is 35.3 Å². The Morgan fingerprint density at radius 3 is 2.95 bits per heavy atom. The van der Waals surface area contributed by atoms with Crippen molar-refractivity contribution in [2.75, 3.05) is 19.6 Å². The maximum Gasteiger partial charge on any atom is 0.254 e. The summed E-state index contributed by atoms with van der Waals surface area (Å²) in [4.78, 5) is 12.0. The lowest BCUT2D eigenvalue weighted by molar-refractivity contribution is 0.0954. The van der Waals surface area contributed by atoms with Crippen molar-refractivity contribution in [2.24, 2.45) is 0 Å². The molecule has 0 bridgehead atoms. The fourth-order valence-electron chi connectivity index (χ4n) is 1.87. The molecule has 0 saturated carbocycles. The monoisotopic (exact) mass is 350 g/mol. The molecule has 1 heterocycles. The highest BCUT2D eigenvalue weighted by molar-refractivity contribution is 9.10. The molecular formula is C15H19BrN4O. The summed E-state index contributed by atoms with van der Waals surface area (Å²) in [6.07, 6.45) is 4.40. The second kappa shape index (κ2) is 7.95. The van der Waals surface area contributed by atoms with Crippen LogP contribution < -0.4 is 10.6 Å². The average molecular weight is 351 g/mol. The van der Waals surface area contributed by atoms with E-state index in [2.05, 4.69) is 38.6 Å². The van der Waals surface area contributed by atoms with Gasteiger partial charge in [0.15, 0.2) is 0 Å². The zero-order chi connectivity index (χ0) is 15.1. The van der Waals surface area contributed by atoms with Gasteiger partial charge in [0.25, 0.3) is 5.91 Å². The molecule has 1 aromatic heterocycles. The van der Waals surface area contributed by atoms with E-state index < -0.39 is 0 Å². The predicted octanol–water partition coefficient (Wildman–Crippen LogP) is 2.36. The van der Waals surface area contributed by atoms with Crippen molar-refractivity contribution in [3.8, 4) is 5.69 Å². The highest BCUT2D eigenvalue weighted by atomic mass is 79.9. The van der Waals surface area contributed by atoms with Crippen molar-refractivity contribution < 1.29 is 4.79 Å². The minimum atomic E-state index is -0.102. The first kappa shape index (κ1) is 15.7. The van der Waals surface area contributed by atoms with E-state index in [4.69, 9.17) is 0 Å². The first-order chi connectivity index (χ1) is 10.2. The minimum absolute atomic E-state index is 0.102.